The van der Waals surface area contributed by atoms with E-state index in [4.69, 9.17) is 5.11 Å². The number of benzene rings is 1. The van der Waals surface area contributed by atoms with E-state index in [1.807, 2.05) is 30.3 Å². The van der Waals surface area contributed by atoms with Gasteiger partial charge in [-0.3, -0.25) is 9.59 Å². The molecule has 0 radical (unpaired) electrons. The van der Waals surface area contributed by atoms with Gasteiger partial charge < -0.3 is 5.11 Å². The minimum atomic E-state index is -0.894. The highest BCUT2D eigenvalue weighted by Gasteiger charge is 2.26. The Balaban J connectivity index is 2.29. The molecule has 16 heavy (non-hydrogen) atoms. The van der Waals surface area contributed by atoms with E-state index in [1.54, 1.807) is 6.08 Å². The van der Waals surface area contributed by atoms with Crippen LogP contribution in [-0.2, 0) is 9.59 Å². The van der Waals surface area contributed by atoms with Gasteiger partial charge in [0.2, 0.25) is 0 Å². The summed E-state index contributed by atoms with van der Waals surface area (Å²) < 4.78 is 0. The molecule has 0 saturated heterocycles. The molecule has 1 atom stereocenters. The van der Waals surface area contributed by atoms with E-state index in [9.17, 15) is 9.59 Å². The molecule has 82 valence electrons. The summed E-state index contributed by atoms with van der Waals surface area (Å²) in [4.78, 5) is 22.3. The van der Waals surface area contributed by atoms with Gasteiger partial charge in [0.1, 0.15) is 0 Å². The number of carboxylic acid groups (broad SMARTS) is 1. The molecule has 1 aromatic rings. The van der Waals surface area contributed by atoms with Gasteiger partial charge in [-0.15, -0.1) is 0 Å². The second kappa shape index (κ2) is 4.31. The minimum absolute atomic E-state index is 0.0995. The molecule has 0 amide bonds. The molecule has 1 aliphatic rings. The smallest absolute Gasteiger partial charge is 0.307 e. The molecule has 2 rings (SSSR count). The van der Waals surface area contributed by atoms with Crippen LogP contribution in [0.25, 0.3) is 5.57 Å². The maximum Gasteiger partial charge on any atom is 0.307 e. The van der Waals surface area contributed by atoms with E-state index in [1.165, 1.54) is 0 Å². The summed E-state index contributed by atoms with van der Waals surface area (Å²) in [5.74, 6) is -1.57. The zero-order valence-electron chi connectivity index (χ0n) is 8.72. The second-order valence-corrected chi connectivity index (χ2v) is 3.95. The van der Waals surface area contributed by atoms with Gasteiger partial charge in [-0.1, -0.05) is 30.3 Å². The number of hydrogen-bond acceptors (Lipinski definition) is 2. The van der Waals surface area contributed by atoms with Gasteiger partial charge in [-0.2, -0.15) is 0 Å². The topological polar surface area (TPSA) is 54.4 Å². The average Bonchev–Trinajstić information content (AvgIpc) is 2.29. The van der Waals surface area contributed by atoms with Crippen molar-refractivity contribution >= 4 is 17.3 Å². The normalized spacial score (nSPS) is 20.4. The maximum absolute atomic E-state index is 11.4. The summed E-state index contributed by atoms with van der Waals surface area (Å²) in [7, 11) is 0. The van der Waals surface area contributed by atoms with Crippen molar-refractivity contribution in [1.29, 1.82) is 0 Å². The molecule has 1 unspecified atom stereocenters. The Labute approximate surface area is 93.4 Å². The largest absolute Gasteiger partial charge is 0.481 e. The molecule has 0 bridgehead atoms. The van der Waals surface area contributed by atoms with E-state index < -0.39 is 11.9 Å². The first-order valence-electron chi connectivity index (χ1n) is 5.18. The van der Waals surface area contributed by atoms with Gasteiger partial charge in [-0.25, -0.2) is 0 Å². The summed E-state index contributed by atoms with van der Waals surface area (Å²) in [5.41, 5.74) is 1.76. The van der Waals surface area contributed by atoms with Crippen LogP contribution in [0.5, 0.6) is 0 Å². The van der Waals surface area contributed by atoms with Crippen molar-refractivity contribution in [2.75, 3.05) is 0 Å². The number of aliphatic carboxylic acids is 1. The third kappa shape index (κ3) is 2.19. The fourth-order valence-corrected chi connectivity index (χ4v) is 1.92. The third-order valence-corrected chi connectivity index (χ3v) is 2.74. The van der Waals surface area contributed by atoms with Crippen molar-refractivity contribution in [3.63, 3.8) is 0 Å². The fraction of sp³-hybridized carbons (Fsp3) is 0.231. The standard InChI is InChI=1S/C13H12O3/c14-12-7-10(6-11(8-12)13(15)16)9-4-2-1-3-5-9/h1-5,7,11H,6,8H2,(H,15,16). The lowest BCUT2D eigenvalue weighted by Gasteiger charge is -2.18. The van der Waals surface area contributed by atoms with Crippen molar-refractivity contribution in [2.24, 2.45) is 5.92 Å². The average molecular weight is 216 g/mol. The van der Waals surface area contributed by atoms with Crippen LogP contribution in [0.15, 0.2) is 36.4 Å². The lowest BCUT2D eigenvalue weighted by Crippen LogP contribution is -2.21. The number of carboxylic acids is 1. The molecule has 3 nitrogen and oxygen atoms in total. The molecule has 0 aliphatic heterocycles. The van der Waals surface area contributed by atoms with Crippen molar-refractivity contribution in [3.8, 4) is 0 Å². The summed E-state index contributed by atoms with van der Waals surface area (Å²) in [5, 5.41) is 8.94. The summed E-state index contributed by atoms with van der Waals surface area (Å²) in [6.45, 7) is 0. The monoisotopic (exact) mass is 216 g/mol. The SMILES string of the molecule is O=C1C=C(c2ccccc2)CC(C(=O)O)C1. The second-order valence-electron chi connectivity index (χ2n) is 3.95. The summed E-state index contributed by atoms with van der Waals surface area (Å²) >= 11 is 0. The Morgan fingerprint density at radius 2 is 1.88 bits per heavy atom. The van der Waals surface area contributed by atoms with Crippen LogP contribution in [0.2, 0.25) is 0 Å². The molecule has 0 heterocycles. The van der Waals surface area contributed by atoms with Gasteiger partial charge in [0.05, 0.1) is 5.92 Å². The first kappa shape index (κ1) is 10.6. The van der Waals surface area contributed by atoms with Gasteiger partial charge in [0, 0.05) is 6.42 Å². The Morgan fingerprint density at radius 1 is 1.19 bits per heavy atom. The molecule has 1 aromatic carbocycles. The molecule has 1 aliphatic carbocycles. The van der Waals surface area contributed by atoms with Gasteiger partial charge >= 0.3 is 5.97 Å². The highest BCUT2D eigenvalue weighted by atomic mass is 16.4. The molecule has 0 spiro atoms. The predicted octanol–water partition coefficient (Wildman–Crippen LogP) is 2.13. The zero-order chi connectivity index (χ0) is 11.5. The Kier molecular flexibility index (Phi) is 2.86. The number of ketones is 1. The van der Waals surface area contributed by atoms with Crippen molar-refractivity contribution in [2.45, 2.75) is 12.8 Å². The van der Waals surface area contributed by atoms with E-state index in [2.05, 4.69) is 0 Å². The van der Waals surface area contributed by atoms with E-state index in [-0.39, 0.29) is 12.2 Å². The van der Waals surface area contributed by atoms with Gasteiger partial charge in [0.25, 0.3) is 0 Å². The zero-order valence-corrected chi connectivity index (χ0v) is 8.72. The van der Waals surface area contributed by atoms with E-state index in [0.29, 0.717) is 6.42 Å². The van der Waals surface area contributed by atoms with Crippen molar-refractivity contribution < 1.29 is 14.7 Å². The quantitative estimate of drug-likeness (QED) is 0.823. The minimum Gasteiger partial charge on any atom is -0.481 e. The molecule has 3 heteroatoms. The molecular weight excluding hydrogens is 204 g/mol. The van der Waals surface area contributed by atoms with E-state index in [0.717, 1.165) is 11.1 Å². The Hall–Kier alpha value is -1.90. The van der Waals surface area contributed by atoms with Crippen LogP contribution in [0.3, 0.4) is 0 Å². The summed E-state index contributed by atoms with van der Waals surface area (Å²) in [6.07, 6.45) is 2.12. The first-order chi connectivity index (χ1) is 7.66. The number of allylic oxidation sites excluding steroid dienone is 2. The van der Waals surface area contributed by atoms with Gasteiger partial charge in [-0.05, 0) is 23.6 Å². The number of rotatable bonds is 2. The molecule has 1 N–H and O–H groups in total. The van der Waals surface area contributed by atoms with Crippen LogP contribution >= 0.6 is 0 Å². The molecular formula is C13H12O3. The van der Waals surface area contributed by atoms with Crippen LogP contribution in [-0.4, -0.2) is 16.9 Å². The van der Waals surface area contributed by atoms with Crippen molar-refractivity contribution in [1.82, 2.24) is 0 Å². The highest BCUT2D eigenvalue weighted by molar-refractivity contribution is 6.01. The van der Waals surface area contributed by atoms with Crippen LogP contribution in [0.1, 0.15) is 18.4 Å². The highest BCUT2D eigenvalue weighted by Crippen LogP contribution is 2.29. The fourth-order valence-electron chi connectivity index (χ4n) is 1.92. The van der Waals surface area contributed by atoms with Crippen LogP contribution < -0.4 is 0 Å². The van der Waals surface area contributed by atoms with Crippen molar-refractivity contribution in [3.05, 3.63) is 42.0 Å². The van der Waals surface area contributed by atoms with E-state index >= 15 is 0 Å². The van der Waals surface area contributed by atoms with Crippen LogP contribution in [0, 0.1) is 5.92 Å². The first-order valence-corrected chi connectivity index (χ1v) is 5.18. The molecule has 0 saturated carbocycles. The van der Waals surface area contributed by atoms with Crippen LogP contribution in [0.4, 0.5) is 0 Å². The third-order valence-electron chi connectivity index (χ3n) is 2.74. The lowest BCUT2D eigenvalue weighted by atomic mass is 9.85. The predicted molar refractivity (Wildman–Crippen MR) is 59.8 cm³/mol. The van der Waals surface area contributed by atoms with Gasteiger partial charge in [0.15, 0.2) is 5.78 Å². The maximum atomic E-state index is 11.4. The molecule has 0 fully saturated rings. The Bertz CT molecular complexity index is 446. The number of carbonyl (C=O) groups excluding carboxylic acids is 1. The summed E-state index contributed by atoms with van der Waals surface area (Å²) in [6, 6.07) is 9.44. The number of hydrogen-bond donors (Lipinski definition) is 1. The number of carbonyl (C=O) groups is 2. The molecule has 0 aromatic heterocycles. The lowest BCUT2D eigenvalue weighted by molar-refractivity contribution is -0.143. The Morgan fingerprint density at radius 3 is 2.50 bits per heavy atom.